The van der Waals surface area contributed by atoms with Crippen LogP contribution in [0.3, 0.4) is 0 Å². The molecule has 2 rings (SSSR count). The Balaban J connectivity index is 2.10. The number of carbonyl (C=O) groups excluding carboxylic acids is 1. The summed E-state index contributed by atoms with van der Waals surface area (Å²) in [5, 5.41) is 10.6. The highest BCUT2D eigenvalue weighted by Crippen LogP contribution is 2.29. The molecule has 0 bridgehead atoms. The number of nitro benzene ring substituents is 1. The first-order chi connectivity index (χ1) is 9.60. The van der Waals surface area contributed by atoms with Crippen LogP contribution >= 0.6 is 11.8 Å². The number of hydrogen-bond acceptors (Lipinski definition) is 4. The van der Waals surface area contributed by atoms with E-state index in [0.29, 0.717) is 12.0 Å². The number of carbonyl (C=O) groups is 1. The lowest BCUT2D eigenvalue weighted by atomic mass is 10.1. The molecule has 0 spiro atoms. The predicted molar refractivity (Wildman–Crippen MR) is 78.3 cm³/mol. The van der Waals surface area contributed by atoms with Crippen molar-refractivity contribution in [3.8, 4) is 0 Å². The van der Waals surface area contributed by atoms with Crippen molar-refractivity contribution in [1.82, 2.24) is 0 Å². The summed E-state index contributed by atoms with van der Waals surface area (Å²) in [5.74, 6) is 0.122. The molecule has 0 aliphatic rings. The van der Waals surface area contributed by atoms with Crippen LogP contribution in [-0.2, 0) is 0 Å². The minimum absolute atomic E-state index is 0.0817. The van der Waals surface area contributed by atoms with Crippen LogP contribution in [0, 0.1) is 10.1 Å². The van der Waals surface area contributed by atoms with E-state index < -0.39 is 4.92 Å². The van der Waals surface area contributed by atoms with Gasteiger partial charge in [0, 0.05) is 33.9 Å². The number of rotatable bonds is 5. The third-order valence-electron chi connectivity index (χ3n) is 2.78. The molecule has 0 amide bonds. The number of Topliss-reactive ketones (excluding diaryl/α,β-unsaturated/α-hetero) is 1. The van der Waals surface area contributed by atoms with Gasteiger partial charge < -0.3 is 0 Å². The third kappa shape index (κ3) is 3.45. The number of nitro groups is 1. The first kappa shape index (κ1) is 14.3. The lowest BCUT2D eigenvalue weighted by molar-refractivity contribution is -0.384. The van der Waals surface area contributed by atoms with Crippen molar-refractivity contribution >= 4 is 23.2 Å². The molecule has 0 N–H and O–H groups in total. The molecular weight excluding hydrogens is 274 g/mol. The molecule has 0 saturated carbocycles. The van der Waals surface area contributed by atoms with E-state index in [2.05, 4.69) is 0 Å². The van der Waals surface area contributed by atoms with Gasteiger partial charge in [-0.25, -0.2) is 0 Å². The van der Waals surface area contributed by atoms with Gasteiger partial charge in [-0.3, -0.25) is 14.9 Å². The second-order valence-corrected chi connectivity index (χ2v) is 5.30. The summed E-state index contributed by atoms with van der Waals surface area (Å²) < 4.78 is 0. The van der Waals surface area contributed by atoms with Crippen LogP contribution in [0.2, 0.25) is 0 Å². The van der Waals surface area contributed by atoms with E-state index in [1.54, 1.807) is 24.3 Å². The third-order valence-corrected chi connectivity index (χ3v) is 3.80. The number of ketones is 1. The van der Waals surface area contributed by atoms with Gasteiger partial charge in [-0.15, -0.1) is 0 Å². The van der Waals surface area contributed by atoms with E-state index in [4.69, 9.17) is 0 Å². The summed E-state index contributed by atoms with van der Waals surface area (Å²) >= 11 is 1.50. The summed E-state index contributed by atoms with van der Waals surface area (Å²) in [5.41, 5.74) is 0.791. The van der Waals surface area contributed by atoms with Crippen molar-refractivity contribution in [2.24, 2.45) is 0 Å². The zero-order valence-electron chi connectivity index (χ0n) is 10.9. The quantitative estimate of drug-likeness (QED) is 0.466. The normalized spacial score (nSPS) is 10.2. The van der Waals surface area contributed by atoms with E-state index in [1.165, 1.54) is 23.9 Å². The monoisotopic (exact) mass is 287 g/mol. The molecule has 20 heavy (non-hydrogen) atoms. The lowest BCUT2D eigenvalue weighted by Crippen LogP contribution is -1.95. The second-order valence-electron chi connectivity index (χ2n) is 4.15. The maximum absolute atomic E-state index is 11.5. The highest BCUT2D eigenvalue weighted by Gasteiger charge is 2.06. The largest absolute Gasteiger partial charge is 0.294 e. The molecule has 0 saturated heterocycles. The first-order valence-electron chi connectivity index (χ1n) is 6.15. The first-order valence-corrected chi connectivity index (χ1v) is 6.97. The van der Waals surface area contributed by atoms with Crippen LogP contribution < -0.4 is 0 Å². The Hall–Kier alpha value is -2.14. The highest BCUT2D eigenvalue weighted by molar-refractivity contribution is 7.99. The zero-order chi connectivity index (χ0) is 14.5. The molecule has 5 heteroatoms. The van der Waals surface area contributed by atoms with Crippen molar-refractivity contribution in [2.45, 2.75) is 23.1 Å². The summed E-state index contributed by atoms with van der Waals surface area (Å²) in [6.07, 6.45) is 0.495. The Morgan fingerprint density at radius 2 is 1.55 bits per heavy atom. The molecule has 0 radical (unpaired) electrons. The Bertz CT molecular complexity index is 621. The molecule has 0 aromatic heterocycles. The van der Waals surface area contributed by atoms with Crippen LogP contribution in [0.5, 0.6) is 0 Å². The Labute approximate surface area is 121 Å². The number of hydrogen-bond donors (Lipinski definition) is 0. The number of benzene rings is 2. The smallest absolute Gasteiger partial charge is 0.269 e. The van der Waals surface area contributed by atoms with Crippen LogP contribution in [0.15, 0.2) is 58.3 Å². The molecule has 2 aromatic carbocycles. The summed E-state index contributed by atoms with van der Waals surface area (Å²) in [6.45, 7) is 1.84. The molecule has 0 heterocycles. The maximum atomic E-state index is 11.5. The molecule has 4 nitrogen and oxygen atoms in total. The van der Waals surface area contributed by atoms with Crippen LogP contribution in [0.4, 0.5) is 5.69 Å². The number of non-ortho nitro benzene ring substituents is 1. The van der Waals surface area contributed by atoms with Gasteiger partial charge in [-0.1, -0.05) is 30.8 Å². The highest BCUT2D eigenvalue weighted by atomic mass is 32.2. The van der Waals surface area contributed by atoms with Crippen molar-refractivity contribution in [2.75, 3.05) is 0 Å². The minimum atomic E-state index is -0.417. The molecule has 0 aliphatic heterocycles. The van der Waals surface area contributed by atoms with Gasteiger partial charge in [-0.05, 0) is 24.3 Å². The van der Waals surface area contributed by atoms with Crippen molar-refractivity contribution in [3.05, 3.63) is 64.2 Å². The van der Waals surface area contributed by atoms with E-state index in [9.17, 15) is 14.9 Å². The van der Waals surface area contributed by atoms with Crippen LogP contribution in [0.1, 0.15) is 23.7 Å². The van der Waals surface area contributed by atoms with E-state index in [0.717, 1.165) is 9.79 Å². The van der Waals surface area contributed by atoms with Gasteiger partial charge in [0.2, 0.25) is 0 Å². The van der Waals surface area contributed by atoms with Gasteiger partial charge >= 0.3 is 0 Å². The molecule has 0 aliphatic carbocycles. The fraction of sp³-hybridized carbons (Fsp3) is 0.133. The van der Waals surface area contributed by atoms with Gasteiger partial charge in [0.1, 0.15) is 0 Å². The second kappa shape index (κ2) is 6.34. The summed E-state index contributed by atoms with van der Waals surface area (Å²) in [6, 6.07) is 13.8. The zero-order valence-corrected chi connectivity index (χ0v) is 11.7. The minimum Gasteiger partial charge on any atom is -0.294 e. The van der Waals surface area contributed by atoms with Crippen LogP contribution in [0.25, 0.3) is 0 Å². The van der Waals surface area contributed by atoms with Crippen molar-refractivity contribution in [1.29, 1.82) is 0 Å². The predicted octanol–water partition coefficient (Wildman–Crippen LogP) is 4.34. The number of nitrogens with zero attached hydrogens (tertiary/aromatic N) is 1. The molecule has 0 atom stereocenters. The Morgan fingerprint density at radius 1 is 1.05 bits per heavy atom. The topological polar surface area (TPSA) is 60.2 Å². The lowest BCUT2D eigenvalue weighted by Gasteiger charge is -2.03. The SMILES string of the molecule is CCC(=O)c1ccc(Sc2ccc([N+](=O)[O-])cc2)cc1. The fourth-order valence-electron chi connectivity index (χ4n) is 1.68. The molecule has 2 aromatic rings. The van der Waals surface area contributed by atoms with E-state index in [1.807, 2.05) is 19.1 Å². The van der Waals surface area contributed by atoms with E-state index in [-0.39, 0.29) is 11.5 Å². The molecule has 0 unspecified atom stereocenters. The van der Waals surface area contributed by atoms with Gasteiger partial charge in [0.25, 0.3) is 5.69 Å². The molecule has 0 fully saturated rings. The maximum Gasteiger partial charge on any atom is 0.269 e. The van der Waals surface area contributed by atoms with Gasteiger partial charge in [0.05, 0.1) is 4.92 Å². The van der Waals surface area contributed by atoms with Gasteiger partial charge in [-0.2, -0.15) is 0 Å². The van der Waals surface area contributed by atoms with Crippen molar-refractivity contribution < 1.29 is 9.72 Å². The van der Waals surface area contributed by atoms with Crippen LogP contribution in [-0.4, -0.2) is 10.7 Å². The average Bonchev–Trinajstić information content (AvgIpc) is 2.48. The van der Waals surface area contributed by atoms with Crippen molar-refractivity contribution in [3.63, 3.8) is 0 Å². The summed E-state index contributed by atoms with van der Waals surface area (Å²) in [7, 11) is 0. The summed E-state index contributed by atoms with van der Waals surface area (Å²) in [4.78, 5) is 23.6. The average molecular weight is 287 g/mol. The molecule has 102 valence electrons. The Kier molecular flexibility index (Phi) is 4.53. The Morgan fingerprint density at radius 3 is 2.00 bits per heavy atom. The fourth-order valence-corrected chi connectivity index (χ4v) is 2.50. The molecular formula is C15H13NO3S. The standard InChI is InChI=1S/C15H13NO3S/c1-2-15(17)11-3-7-13(8-4-11)20-14-9-5-12(6-10-14)16(18)19/h3-10H,2H2,1H3. The van der Waals surface area contributed by atoms with Gasteiger partial charge in [0.15, 0.2) is 5.78 Å². The van der Waals surface area contributed by atoms with E-state index >= 15 is 0 Å².